The second-order valence-electron chi connectivity index (χ2n) is 6.00. The Bertz CT molecular complexity index is 513. The molecule has 2 rings (SSSR count). The Hall–Kier alpha value is -1.88. The van der Waals surface area contributed by atoms with Gasteiger partial charge < -0.3 is 16.0 Å². The molecule has 0 aromatic heterocycles. The van der Waals surface area contributed by atoms with Crippen molar-refractivity contribution in [2.75, 3.05) is 18.4 Å². The monoisotopic (exact) mass is 303 g/mol. The summed E-state index contributed by atoms with van der Waals surface area (Å²) >= 11 is 0. The summed E-state index contributed by atoms with van der Waals surface area (Å²) in [6.45, 7) is 5.18. The van der Waals surface area contributed by atoms with Crippen LogP contribution in [0.15, 0.2) is 24.3 Å². The minimum absolute atomic E-state index is 0.0730. The first-order chi connectivity index (χ1) is 10.5. The molecule has 1 aromatic rings. The molecule has 5 heteroatoms. The van der Waals surface area contributed by atoms with E-state index in [1.807, 2.05) is 24.3 Å². The molecule has 1 heterocycles. The Morgan fingerprint density at radius 2 is 2.00 bits per heavy atom. The van der Waals surface area contributed by atoms with Crippen molar-refractivity contribution >= 4 is 17.5 Å². The number of anilines is 1. The zero-order valence-corrected chi connectivity index (χ0v) is 13.3. The summed E-state index contributed by atoms with van der Waals surface area (Å²) in [5.41, 5.74) is 1.94. The molecule has 0 saturated carbocycles. The quantitative estimate of drug-likeness (QED) is 0.775. The van der Waals surface area contributed by atoms with Crippen molar-refractivity contribution in [3.63, 3.8) is 0 Å². The van der Waals surface area contributed by atoms with Crippen molar-refractivity contribution in [2.45, 2.75) is 39.2 Å². The molecule has 5 nitrogen and oxygen atoms in total. The fraction of sp³-hybridized carbons (Fsp3) is 0.529. The SMILES string of the molecule is CC(=O)Nc1ccc(CCNC(=O)[C@H]2CCN[C@@H](C)C2)cc1. The van der Waals surface area contributed by atoms with Gasteiger partial charge in [-0.25, -0.2) is 0 Å². The number of benzene rings is 1. The van der Waals surface area contributed by atoms with Crippen LogP contribution in [0.5, 0.6) is 0 Å². The summed E-state index contributed by atoms with van der Waals surface area (Å²) in [7, 11) is 0. The fourth-order valence-corrected chi connectivity index (χ4v) is 2.80. The maximum atomic E-state index is 12.1. The summed E-state index contributed by atoms with van der Waals surface area (Å²) < 4.78 is 0. The Balaban J connectivity index is 1.73. The van der Waals surface area contributed by atoms with Crippen LogP contribution in [-0.4, -0.2) is 30.9 Å². The predicted octanol–water partition coefficient (Wildman–Crippen LogP) is 1.69. The van der Waals surface area contributed by atoms with Crippen LogP contribution in [-0.2, 0) is 16.0 Å². The number of carbonyl (C=O) groups excluding carboxylic acids is 2. The van der Waals surface area contributed by atoms with E-state index in [1.54, 1.807) is 0 Å². The maximum Gasteiger partial charge on any atom is 0.223 e. The third kappa shape index (κ3) is 5.15. The lowest BCUT2D eigenvalue weighted by molar-refractivity contribution is -0.126. The lowest BCUT2D eigenvalue weighted by atomic mass is 9.92. The highest BCUT2D eigenvalue weighted by Gasteiger charge is 2.24. The average molecular weight is 303 g/mol. The third-order valence-corrected chi connectivity index (χ3v) is 3.98. The first-order valence-electron chi connectivity index (χ1n) is 7.92. The minimum Gasteiger partial charge on any atom is -0.356 e. The normalized spacial score (nSPS) is 21.2. The largest absolute Gasteiger partial charge is 0.356 e. The van der Waals surface area contributed by atoms with Gasteiger partial charge in [0, 0.05) is 31.1 Å². The first kappa shape index (κ1) is 16.5. The maximum absolute atomic E-state index is 12.1. The molecule has 2 atom stereocenters. The average Bonchev–Trinajstić information content (AvgIpc) is 2.48. The zero-order chi connectivity index (χ0) is 15.9. The van der Waals surface area contributed by atoms with Gasteiger partial charge in [0.15, 0.2) is 0 Å². The first-order valence-corrected chi connectivity index (χ1v) is 7.92. The van der Waals surface area contributed by atoms with Crippen LogP contribution in [0, 0.1) is 5.92 Å². The van der Waals surface area contributed by atoms with Gasteiger partial charge in [0.25, 0.3) is 0 Å². The van der Waals surface area contributed by atoms with Crippen LogP contribution >= 0.6 is 0 Å². The molecule has 0 aliphatic carbocycles. The van der Waals surface area contributed by atoms with Gasteiger partial charge in [-0.15, -0.1) is 0 Å². The highest BCUT2D eigenvalue weighted by Crippen LogP contribution is 2.16. The third-order valence-electron chi connectivity index (χ3n) is 3.98. The standard InChI is InChI=1S/C17H25N3O2/c1-12-11-15(8-10-18-12)17(22)19-9-7-14-3-5-16(6-4-14)20-13(2)21/h3-6,12,15,18H,7-11H2,1-2H3,(H,19,22)(H,20,21)/t12-,15-/m0/s1. The fourth-order valence-electron chi connectivity index (χ4n) is 2.80. The number of hydrogen-bond acceptors (Lipinski definition) is 3. The van der Waals surface area contributed by atoms with Crippen molar-refractivity contribution in [3.8, 4) is 0 Å². The van der Waals surface area contributed by atoms with E-state index in [9.17, 15) is 9.59 Å². The molecule has 3 N–H and O–H groups in total. The minimum atomic E-state index is -0.0730. The molecule has 0 unspecified atom stereocenters. The van der Waals surface area contributed by atoms with Gasteiger partial charge in [0.05, 0.1) is 0 Å². The van der Waals surface area contributed by atoms with Gasteiger partial charge in [-0.05, 0) is 50.4 Å². The molecule has 1 aliphatic heterocycles. The highest BCUT2D eigenvalue weighted by atomic mass is 16.2. The van der Waals surface area contributed by atoms with E-state index in [-0.39, 0.29) is 17.7 Å². The molecule has 1 fully saturated rings. The molecule has 22 heavy (non-hydrogen) atoms. The molecule has 1 aliphatic rings. The lowest BCUT2D eigenvalue weighted by Crippen LogP contribution is -2.42. The van der Waals surface area contributed by atoms with Gasteiger partial charge in [0.2, 0.25) is 11.8 Å². The van der Waals surface area contributed by atoms with Gasteiger partial charge in [-0.3, -0.25) is 9.59 Å². The number of rotatable bonds is 5. The van der Waals surface area contributed by atoms with E-state index in [2.05, 4.69) is 22.9 Å². The molecule has 0 bridgehead atoms. The van der Waals surface area contributed by atoms with Crippen LogP contribution in [0.1, 0.15) is 32.3 Å². The van der Waals surface area contributed by atoms with Gasteiger partial charge in [0.1, 0.15) is 0 Å². The number of hydrogen-bond donors (Lipinski definition) is 3. The number of nitrogens with one attached hydrogen (secondary N) is 3. The van der Waals surface area contributed by atoms with E-state index >= 15 is 0 Å². The van der Waals surface area contributed by atoms with E-state index in [0.29, 0.717) is 12.6 Å². The molecule has 0 spiro atoms. The topological polar surface area (TPSA) is 70.2 Å². The Morgan fingerprint density at radius 1 is 1.27 bits per heavy atom. The highest BCUT2D eigenvalue weighted by molar-refractivity contribution is 5.88. The second-order valence-corrected chi connectivity index (χ2v) is 6.00. The number of piperidine rings is 1. The summed E-state index contributed by atoms with van der Waals surface area (Å²) in [6, 6.07) is 8.14. The van der Waals surface area contributed by atoms with E-state index < -0.39 is 0 Å². The van der Waals surface area contributed by atoms with Crippen LogP contribution in [0.3, 0.4) is 0 Å². The van der Waals surface area contributed by atoms with Crippen molar-refractivity contribution in [2.24, 2.45) is 5.92 Å². The second kappa shape index (κ2) is 7.94. The van der Waals surface area contributed by atoms with E-state index in [1.165, 1.54) is 6.92 Å². The summed E-state index contributed by atoms with van der Waals surface area (Å²) in [5.74, 6) is 0.234. The molecular weight excluding hydrogens is 278 g/mol. The number of amides is 2. The lowest BCUT2D eigenvalue weighted by Gasteiger charge is -2.27. The Labute approximate surface area is 131 Å². The van der Waals surface area contributed by atoms with Gasteiger partial charge in [-0.1, -0.05) is 12.1 Å². The molecular formula is C17H25N3O2. The van der Waals surface area contributed by atoms with Gasteiger partial charge in [-0.2, -0.15) is 0 Å². The molecule has 2 amide bonds. The van der Waals surface area contributed by atoms with Crippen LogP contribution in [0.25, 0.3) is 0 Å². The van der Waals surface area contributed by atoms with Gasteiger partial charge >= 0.3 is 0 Å². The van der Waals surface area contributed by atoms with Crippen molar-refractivity contribution in [1.82, 2.24) is 10.6 Å². The zero-order valence-electron chi connectivity index (χ0n) is 13.3. The number of carbonyl (C=O) groups is 2. The van der Waals surface area contributed by atoms with Crippen molar-refractivity contribution < 1.29 is 9.59 Å². The smallest absolute Gasteiger partial charge is 0.223 e. The van der Waals surface area contributed by atoms with Crippen LogP contribution in [0.4, 0.5) is 5.69 Å². The Morgan fingerprint density at radius 3 is 2.64 bits per heavy atom. The van der Waals surface area contributed by atoms with Crippen LogP contribution < -0.4 is 16.0 Å². The predicted molar refractivity (Wildman–Crippen MR) is 87.6 cm³/mol. The summed E-state index contributed by atoms with van der Waals surface area (Å²) in [5, 5.41) is 9.13. The summed E-state index contributed by atoms with van der Waals surface area (Å²) in [4.78, 5) is 23.1. The Kier molecular flexibility index (Phi) is 5.95. The molecule has 0 radical (unpaired) electrons. The molecule has 1 saturated heterocycles. The van der Waals surface area contributed by atoms with E-state index in [4.69, 9.17) is 0 Å². The molecule has 120 valence electrons. The summed E-state index contributed by atoms with van der Waals surface area (Å²) in [6.07, 6.45) is 2.63. The van der Waals surface area contributed by atoms with Crippen LogP contribution in [0.2, 0.25) is 0 Å². The van der Waals surface area contributed by atoms with E-state index in [0.717, 1.165) is 37.1 Å². The molecule has 1 aromatic carbocycles. The van der Waals surface area contributed by atoms with Crippen molar-refractivity contribution in [1.29, 1.82) is 0 Å². The van der Waals surface area contributed by atoms with Crippen molar-refractivity contribution in [3.05, 3.63) is 29.8 Å².